The fourth-order valence-electron chi connectivity index (χ4n) is 3.26. The Hall–Kier alpha value is -0.0800. The molecular formula is C18H35NO. The van der Waals surface area contributed by atoms with Crippen molar-refractivity contribution in [3.05, 3.63) is 0 Å². The van der Waals surface area contributed by atoms with E-state index in [1.165, 1.54) is 51.4 Å². The van der Waals surface area contributed by atoms with E-state index >= 15 is 0 Å². The summed E-state index contributed by atoms with van der Waals surface area (Å²) in [6.45, 7) is 11.1. The maximum Gasteiger partial charge on any atom is 0.0806 e. The highest BCUT2D eigenvalue weighted by molar-refractivity contribution is 4.91. The topological polar surface area (TPSA) is 21.3 Å². The third-order valence-corrected chi connectivity index (χ3v) is 5.17. The van der Waals surface area contributed by atoms with Crippen LogP contribution in [0, 0.1) is 11.8 Å². The minimum Gasteiger partial charge on any atom is -0.374 e. The highest BCUT2D eigenvalue weighted by atomic mass is 16.5. The fourth-order valence-corrected chi connectivity index (χ4v) is 3.26. The first-order valence-electron chi connectivity index (χ1n) is 8.81. The van der Waals surface area contributed by atoms with Crippen LogP contribution >= 0.6 is 0 Å². The molecule has 2 aliphatic rings. The van der Waals surface area contributed by atoms with E-state index < -0.39 is 0 Å². The molecule has 118 valence electrons. The van der Waals surface area contributed by atoms with Crippen LogP contribution in [-0.4, -0.2) is 24.3 Å². The average molecular weight is 281 g/mol. The third-order valence-electron chi connectivity index (χ3n) is 5.17. The van der Waals surface area contributed by atoms with Gasteiger partial charge < -0.3 is 10.1 Å². The Morgan fingerprint density at radius 2 is 1.70 bits per heavy atom. The Balaban J connectivity index is 1.84. The molecule has 0 heterocycles. The fraction of sp³-hybridized carbons (Fsp3) is 1.00. The van der Waals surface area contributed by atoms with Gasteiger partial charge >= 0.3 is 0 Å². The van der Waals surface area contributed by atoms with Gasteiger partial charge in [-0.05, 0) is 64.7 Å². The molecule has 0 radical (unpaired) electrons. The summed E-state index contributed by atoms with van der Waals surface area (Å²) in [6.07, 6.45) is 10.7. The first-order valence-corrected chi connectivity index (χ1v) is 8.81. The summed E-state index contributed by atoms with van der Waals surface area (Å²) < 4.78 is 6.45. The van der Waals surface area contributed by atoms with Crippen LogP contribution in [0.2, 0.25) is 0 Å². The van der Waals surface area contributed by atoms with Crippen molar-refractivity contribution in [1.82, 2.24) is 5.32 Å². The second-order valence-corrected chi connectivity index (χ2v) is 8.22. The van der Waals surface area contributed by atoms with Gasteiger partial charge in [-0.2, -0.15) is 0 Å². The predicted molar refractivity (Wildman–Crippen MR) is 86.0 cm³/mol. The number of nitrogens with one attached hydrogen (secondary N) is 1. The molecule has 2 nitrogen and oxygen atoms in total. The lowest BCUT2D eigenvalue weighted by atomic mass is 9.77. The highest BCUT2D eigenvalue weighted by Crippen LogP contribution is 2.38. The summed E-state index contributed by atoms with van der Waals surface area (Å²) in [6, 6.07) is 0. The Morgan fingerprint density at radius 1 is 1.05 bits per heavy atom. The first-order chi connectivity index (χ1) is 9.42. The van der Waals surface area contributed by atoms with Crippen molar-refractivity contribution in [3.63, 3.8) is 0 Å². The molecule has 0 aromatic carbocycles. The zero-order valence-corrected chi connectivity index (χ0v) is 14.1. The second-order valence-electron chi connectivity index (χ2n) is 8.22. The number of rotatable bonds is 7. The summed E-state index contributed by atoms with van der Waals surface area (Å²) >= 11 is 0. The van der Waals surface area contributed by atoms with Crippen LogP contribution in [-0.2, 0) is 4.74 Å². The van der Waals surface area contributed by atoms with E-state index in [4.69, 9.17) is 4.74 Å². The lowest BCUT2D eigenvalue weighted by molar-refractivity contribution is -0.0810. The zero-order chi connectivity index (χ0) is 14.6. The van der Waals surface area contributed by atoms with Gasteiger partial charge in [0.15, 0.2) is 0 Å². The van der Waals surface area contributed by atoms with Crippen LogP contribution in [0.4, 0.5) is 0 Å². The van der Waals surface area contributed by atoms with Crippen molar-refractivity contribution in [2.75, 3.05) is 13.2 Å². The molecule has 0 atom stereocenters. The van der Waals surface area contributed by atoms with Gasteiger partial charge in [0.25, 0.3) is 0 Å². The van der Waals surface area contributed by atoms with Crippen LogP contribution in [0.5, 0.6) is 0 Å². The van der Waals surface area contributed by atoms with Crippen LogP contribution in [0.3, 0.4) is 0 Å². The van der Waals surface area contributed by atoms with Crippen LogP contribution < -0.4 is 5.32 Å². The van der Waals surface area contributed by atoms with Crippen molar-refractivity contribution in [1.29, 1.82) is 0 Å². The van der Waals surface area contributed by atoms with Gasteiger partial charge in [0.1, 0.15) is 0 Å². The minimum absolute atomic E-state index is 0.119. The summed E-state index contributed by atoms with van der Waals surface area (Å²) in [7, 11) is 0. The molecule has 0 aromatic rings. The van der Waals surface area contributed by atoms with Crippen LogP contribution in [0.25, 0.3) is 0 Å². The van der Waals surface area contributed by atoms with Gasteiger partial charge in [-0.1, -0.05) is 26.2 Å². The average Bonchev–Trinajstić information content (AvgIpc) is 3.21. The van der Waals surface area contributed by atoms with Crippen LogP contribution in [0.1, 0.15) is 79.1 Å². The molecule has 2 heteroatoms. The summed E-state index contributed by atoms with van der Waals surface area (Å²) in [4.78, 5) is 0. The van der Waals surface area contributed by atoms with E-state index in [1.807, 2.05) is 0 Å². The van der Waals surface area contributed by atoms with Crippen LogP contribution in [0.15, 0.2) is 0 Å². The standard InChI is InChI=1S/C18H35NO/c1-5-15-8-11-18(12-9-15,14-19-17(2,3)4)20-13-10-16-6-7-16/h15-16,19H,5-14H2,1-4H3. The molecule has 0 aliphatic heterocycles. The molecule has 0 spiro atoms. The molecule has 0 bridgehead atoms. The molecule has 2 fully saturated rings. The molecule has 20 heavy (non-hydrogen) atoms. The predicted octanol–water partition coefficient (Wildman–Crippen LogP) is 4.53. The monoisotopic (exact) mass is 281 g/mol. The number of hydrogen-bond donors (Lipinski definition) is 1. The molecule has 0 aromatic heterocycles. The van der Waals surface area contributed by atoms with E-state index in [-0.39, 0.29) is 11.1 Å². The lowest BCUT2D eigenvalue weighted by Crippen LogP contribution is -2.51. The maximum atomic E-state index is 6.45. The smallest absolute Gasteiger partial charge is 0.0806 e. The Kier molecular flexibility index (Phi) is 5.53. The van der Waals surface area contributed by atoms with E-state index in [1.54, 1.807) is 0 Å². The van der Waals surface area contributed by atoms with Gasteiger partial charge in [-0.25, -0.2) is 0 Å². The molecule has 0 amide bonds. The Labute approximate surface area is 126 Å². The molecule has 2 rings (SSSR count). The molecule has 0 unspecified atom stereocenters. The van der Waals surface area contributed by atoms with E-state index in [2.05, 4.69) is 33.0 Å². The molecule has 2 saturated carbocycles. The normalized spacial score (nSPS) is 31.5. The van der Waals surface area contributed by atoms with Crippen molar-refractivity contribution >= 4 is 0 Å². The quantitative estimate of drug-likeness (QED) is 0.740. The zero-order valence-electron chi connectivity index (χ0n) is 14.1. The molecule has 0 saturated heterocycles. The largest absolute Gasteiger partial charge is 0.374 e. The van der Waals surface area contributed by atoms with Crippen molar-refractivity contribution < 1.29 is 4.74 Å². The summed E-state index contributed by atoms with van der Waals surface area (Å²) in [5.41, 5.74) is 0.308. The number of ether oxygens (including phenoxy) is 1. The van der Waals surface area contributed by atoms with Crippen molar-refractivity contribution in [3.8, 4) is 0 Å². The van der Waals surface area contributed by atoms with Gasteiger partial charge in [0.2, 0.25) is 0 Å². The van der Waals surface area contributed by atoms with Gasteiger partial charge in [0.05, 0.1) is 5.60 Å². The third kappa shape index (κ3) is 5.37. The SMILES string of the molecule is CCC1CCC(CNC(C)(C)C)(OCCC2CC2)CC1. The summed E-state index contributed by atoms with van der Waals surface area (Å²) in [5.74, 6) is 1.92. The minimum atomic E-state index is 0.119. The number of hydrogen-bond acceptors (Lipinski definition) is 2. The lowest BCUT2D eigenvalue weighted by Gasteiger charge is -2.42. The van der Waals surface area contributed by atoms with Crippen molar-refractivity contribution in [2.45, 2.75) is 90.2 Å². The highest BCUT2D eigenvalue weighted by Gasteiger charge is 2.36. The Bertz CT molecular complexity index is 282. The Morgan fingerprint density at radius 3 is 2.20 bits per heavy atom. The summed E-state index contributed by atoms with van der Waals surface area (Å²) in [5, 5.41) is 3.69. The van der Waals surface area contributed by atoms with Gasteiger partial charge in [-0.15, -0.1) is 0 Å². The maximum absolute atomic E-state index is 6.45. The first kappa shape index (κ1) is 16.3. The molecular weight excluding hydrogens is 246 g/mol. The van der Waals surface area contributed by atoms with E-state index in [0.717, 1.165) is 25.0 Å². The molecule has 1 N–H and O–H groups in total. The molecule has 2 aliphatic carbocycles. The van der Waals surface area contributed by atoms with E-state index in [9.17, 15) is 0 Å². The van der Waals surface area contributed by atoms with Crippen molar-refractivity contribution in [2.24, 2.45) is 11.8 Å². The van der Waals surface area contributed by atoms with Gasteiger partial charge in [-0.3, -0.25) is 0 Å². The second kappa shape index (κ2) is 6.79. The van der Waals surface area contributed by atoms with E-state index in [0.29, 0.717) is 0 Å². The van der Waals surface area contributed by atoms with Gasteiger partial charge in [0, 0.05) is 18.7 Å².